The summed E-state index contributed by atoms with van der Waals surface area (Å²) in [6, 6.07) is 7.28. The van der Waals surface area contributed by atoms with E-state index in [0.717, 1.165) is 4.90 Å². The lowest BCUT2D eigenvalue weighted by Crippen LogP contribution is -2.15. The van der Waals surface area contributed by atoms with E-state index >= 15 is 0 Å². The molecule has 0 heterocycles. The molecule has 12 heavy (non-hydrogen) atoms. The van der Waals surface area contributed by atoms with Gasteiger partial charge >= 0.3 is 0 Å². The number of hydrogen-bond donors (Lipinski definition) is 2. The van der Waals surface area contributed by atoms with Crippen LogP contribution < -0.4 is 5.73 Å². The van der Waals surface area contributed by atoms with Crippen LogP contribution in [0.5, 0.6) is 0 Å². The van der Waals surface area contributed by atoms with E-state index in [9.17, 15) is 5.11 Å². The molecule has 0 aliphatic carbocycles. The Hall–Kier alpha value is -0.220. The molecular weight excluding hydrogens is 194 g/mol. The van der Waals surface area contributed by atoms with Crippen LogP contribution in [0.15, 0.2) is 29.2 Å². The highest BCUT2D eigenvalue weighted by molar-refractivity contribution is 7.99. The van der Waals surface area contributed by atoms with Gasteiger partial charge < -0.3 is 10.8 Å². The molecule has 0 amide bonds. The minimum Gasteiger partial charge on any atom is -0.381 e. The molecule has 3 N–H and O–H groups in total. The molecule has 0 radical (unpaired) electrons. The van der Waals surface area contributed by atoms with Gasteiger partial charge in [-0.1, -0.05) is 23.4 Å². The average Bonchev–Trinajstić information content (AvgIpc) is 2.09. The molecule has 0 aliphatic rings. The van der Waals surface area contributed by atoms with Crippen molar-refractivity contribution in [2.75, 3.05) is 6.54 Å². The normalized spacial score (nSPS) is 12.9. The molecule has 0 bridgehead atoms. The Morgan fingerprint density at radius 2 is 2.00 bits per heavy atom. The fraction of sp³-hybridized carbons (Fsp3) is 0.250. The first-order valence-corrected chi connectivity index (χ1v) is 4.78. The van der Waals surface area contributed by atoms with E-state index in [0.29, 0.717) is 5.02 Å². The summed E-state index contributed by atoms with van der Waals surface area (Å²) < 4.78 is 0. The summed E-state index contributed by atoms with van der Waals surface area (Å²) in [4.78, 5) is 0.970. The van der Waals surface area contributed by atoms with Crippen molar-refractivity contribution < 1.29 is 5.11 Å². The fourth-order valence-electron chi connectivity index (χ4n) is 0.718. The standard InChI is InChI=1S/C8H10ClNOS/c9-6-1-3-7(4-2-6)12-8(11)5-10/h1-4,8,11H,5,10H2. The van der Waals surface area contributed by atoms with Gasteiger partial charge in [0.25, 0.3) is 0 Å². The van der Waals surface area contributed by atoms with Crippen LogP contribution in [0.1, 0.15) is 0 Å². The Kier molecular flexibility index (Phi) is 3.88. The molecule has 0 fully saturated rings. The molecule has 1 atom stereocenters. The van der Waals surface area contributed by atoms with Gasteiger partial charge in [-0.05, 0) is 24.3 Å². The highest BCUT2D eigenvalue weighted by Crippen LogP contribution is 2.22. The van der Waals surface area contributed by atoms with Crippen molar-refractivity contribution in [2.45, 2.75) is 10.3 Å². The van der Waals surface area contributed by atoms with Gasteiger partial charge in [0.1, 0.15) is 5.44 Å². The maximum atomic E-state index is 9.19. The summed E-state index contributed by atoms with van der Waals surface area (Å²) in [6.45, 7) is 0.257. The number of nitrogens with two attached hydrogens (primary N) is 1. The molecule has 1 aromatic carbocycles. The number of aliphatic hydroxyl groups excluding tert-OH is 1. The number of thioether (sulfide) groups is 1. The summed E-state index contributed by atoms with van der Waals surface area (Å²) in [6.07, 6.45) is 0. The van der Waals surface area contributed by atoms with Crippen molar-refractivity contribution in [1.82, 2.24) is 0 Å². The Morgan fingerprint density at radius 3 is 2.50 bits per heavy atom. The van der Waals surface area contributed by atoms with Crippen LogP contribution in [-0.4, -0.2) is 17.1 Å². The van der Waals surface area contributed by atoms with Gasteiger partial charge in [-0.25, -0.2) is 0 Å². The predicted molar refractivity (Wildman–Crippen MR) is 52.4 cm³/mol. The van der Waals surface area contributed by atoms with Crippen LogP contribution >= 0.6 is 23.4 Å². The van der Waals surface area contributed by atoms with Crippen LogP contribution in [0.4, 0.5) is 0 Å². The zero-order valence-electron chi connectivity index (χ0n) is 6.40. The lowest BCUT2D eigenvalue weighted by Gasteiger charge is -2.06. The summed E-state index contributed by atoms with van der Waals surface area (Å²) in [5.41, 5.74) is 4.72. The molecule has 0 saturated carbocycles. The second-order valence-corrected chi connectivity index (χ2v) is 3.95. The van der Waals surface area contributed by atoms with E-state index in [1.165, 1.54) is 11.8 Å². The van der Waals surface area contributed by atoms with Gasteiger partial charge in [0.05, 0.1) is 0 Å². The zero-order chi connectivity index (χ0) is 8.97. The lowest BCUT2D eigenvalue weighted by atomic mass is 10.4. The molecular formula is C8H10ClNOS. The van der Waals surface area contributed by atoms with Gasteiger partial charge in [0.2, 0.25) is 0 Å². The second kappa shape index (κ2) is 4.72. The molecule has 0 saturated heterocycles. The number of aliphatic hydroxyl groups is 1. The predicted octanol–water partition coefficient (Wildman–Crippen LogP) is 1.71. The molecule has 1 aromatic rings. The SMILES string of the molecule is NCC(O)Sc1ccc(Cl)cc1. The minimum atomic E-state index is -0.536. The van der Waals surface area contributed by atoms with Gasteiger partial charge in [0.15, 0.2) is 0 Å². The smallest absolute Gasteiger partial charge is 0.116 e. The fourth-order valence-corrected chi connectivity index (χ4v) is 1.55. The maximum absolute atomic E-state index is 9.19. The highest BCUT2D eigenvalue weighted by Gasteiger charge is 2.02. The van der Waals surface area contributed by atoms with E-state index < -0.39 is 5.44 Å². The van der Waals surface area contributed by atoms with Gasteiger partial charge in [-0.2, -0.15) is 0 Å². The van der Waals surface area contributed by atoms with Crippen LogP contribution in [0.3, 0.4) is 0 Å². The monoisotopic (exact) mass is 203 g/mol. The van der Waals surface area contributed by atoms with Gasteiger partial charge in [-0.3, -0.25) is 0 Å². The summed E-state index contributed by atoms with van der Waals surface area (Å²) in [5.74, 6) is 0. The topological polar surface area (TPSA) is 46.2 Å². The van der Waals surface area contributed by atoms with Crippen molar-refractivity contribution >= 4 is 23.4 Å². The Bertz CT molecular complexity index is 239. The third-order valence-electron chi connectivity index (χ3n) is 1.29. The summed E-state index contributed by atoms with van der Waals surface area (Å²) >= 11 is 7.01. The van der Waals surface area contributed by atoms with Gasteiger partial charge in [0, 0.05) is 16.5 Å². The molecule has 2 nitrogen and oxygen atoms in total. The highest BCUT2D eigenvalue weighted by atomic mass is 35.5. The lowest BCUT2D eigenvalue weighted by molar-refractivity contribution is 0.271. The minimum absolute atomic E-state index is 0.257. The zero-order valence-corrected chi connectivity index (χ0v) is 7.98. The van der Waals surface area contributed by atoms with E-state index in [1.807, 2.05) is 12.1 Å². The maximum Gasteiger partial charge on any atom is 0.116 e. The van der Waals surface area contributed by atoms with Crippen molar-refractivity contribution in [2.24, 2.45) is 5.73 Å². The van der Waals surface area contributed by atoms with Crippen molar-refractivity contribution in [3.63, 3.8) is 0 Å². The van der Waals surface area contributed by atoms with Crippen LogP contribution in [-0.2, 0) is 0 Å². The number of hydrogen-bond acceptors (Lipinski definition) is 3. The Labute approximate surface area is 80.7 Å². The van der Waals surface area contributed by atoms with E-state index in [-0.39, 0.29) is 6.54 Å². The van der Waals surface area contributed by atoms with Crippen molar-refractivity contribution in [3.8, 4) is 0 Å². The van der Waals surface area contributed by atoms with Crippen LogP contribution in [0.2, 0.25) is 5.02 Å². The van der Waals surface area contributed by atoms with E-state index in [1.54, 1.807) is 12.1 Å². The molecule has 0 aliphatic heterocycles. The quantitative estimate of drug-likeness (QED) is 0.581. The first-order chi connectivity index (χ1) is 5.72. The Morgan fingerprint density at radius 1 is 1.42 bits per heavy atom. The number of rotatable bonds is 3. The van der Waals surface area contributed by atoms with Crippen molar-refractivity contribution in [3.05, 3.63) is 29.3 Å². The largest absolute Gasteiger partial charge is 0.381 e. The summed E-state index contributed by atoms with van der Waals surface area (Å²) in [7, 11) is 0. The van der Waals surface area contributed by atoms with Gasteiger partial charge in [-0.15, -0.1) is 0 Å². The Balaban J connectivity index is 2.58. The number of halogens is 1. The summed E-state index contributed by atoms with van der Waals surface area (Å²) in [5, 5.41) is 9.88. The van der Waals surface area contributed by atoms with Crippen molar-refractivity contribution in [1.29, 1.82) is 0 Å². The molecule has 0 aromatic heterocycles. The second-order valence-electron chi connectivity index (χ2n) is 2.26. The average molecular weight is 204 g/mol. The van der Waals surface area contributed by atoms with Crippen LogP contribution in [0.25, 0.3) is 0 Å². The first kappa shape index (κ1) is 9.86. The molecule has 0 spiro atoms. The first-order valence-electron chi connectivity index (χ1n) is 3.52. The van der Waals surface area contributed by atoms with E-state index in [2.05, 4.69) is 0 Å². The third kappa shape index (κ3) is 3.03. The van der Waals surface area contributed by atoms with Crippen LogP contribution in [0, 0.1) is 0 Å². The van der Waals surface area contributed by atoms with E-state index in [4.69, 9.17) is 17.3 Å². The third-order valence-corrected chi connectivity index (χ3v) is 2.55. The molecule has 1 rings (SSSR count). The molecule has 4 heteroatoms. The number of benzene rings is 1. The molecule has 1 unspecified atom stereocenters. The molecule has 66 valence electrons.